The molecule has 2 atom stereocenters. The number of aromatic nitrogens is 3. The van der Waals surface area contributed by atoms with Gasteiger partial charge >= 0.3 is 5.97 Å². The summed E-state index contributed by atoms with van der Waals surface area (Å²) in [6.07, 6.45) is 2.37. The van der Waals surface area contributed by atoms with E-state index in [0.717, 1.165) is 28.5 Å². The molecule has 5 heterocycles. The van der Waals surface area contributed by atoms with E-state index in [-0.39, 0.29) is 33.7 Å². The van der Waals surface area contributed by atoms with Crippen molar-refractivity contribution < 1.29 is 34.6 Å². The molecular weight excluding hydrogens is 607 g/mol. The van der Waals surface area contributed by atoms with Gasteiger partial charge in [0.15, 0.2) is 27.5 Å². The standard InChI is InChI=1S/C21H17N7O8S4/c22-20-24-9(6-39-20)13(26-36-5-8-3-10(29)11(30)4-27(8)35)16(31)25-14-17(32)28-15(19(33)34)12(7-38-18(14)28)40-21-23-1-2-37-21/h1-4,6,14,18,30,35H,5,7H2,(H2,22,24)(H,25,31)(H,33,34)/b26-13-/t14-,18-/m1/s1. The Bertz CT molecular complexity index is 1620. The number of rotatable bonds is 9. The van der Waals surface area contributed by atoms with Crippen molar-refractivity contribution in [1.82, 2.24) is 24.9 Å². The van der Waals surface area contributed by atoms with Gasteiger partial charge in [0.1, 0.15) is 28.5 Å². The number of thiazole rings is 2. The number of carboxylic acids is 1. The highest BCUT2D eigenvalue weighted by Gasteiger charge is 2.54. The first-order chi connectivity index (χ1) is 19.1. The maximum absolute atomic E-state index is 13.2. The van der Waals surface area contributed by atoms with Crippen LogP contribution >= 0.6 is 46.2 Å². The van der Waals surface area contributed by atoms with Crippen LogP contribution in [0.2, 0.25) is 0 Å². The summed E-state index contributed by atoms with van der Waals surface area (Å²) in [4.78, 5) is 64.9. The number of carbonyl (C=O) groups excluding carboxylic acids is 2. The molecule has 1 saturated heterocycles. The summed E-state index contributed by atoms with van der Waals surface area (Å²) < 4.78 is 1.10. The van der Waals surface area contributed by atoms with Gasteiger partial charge in [0.25, 0.3) is 11.8 Å². The molecule has 3 aromatic rings. The molecule has 0 spiro atoms. The van der Waals surface area contributed by atoms with Gasteiger partial charge in [0.05, 0.1) is 6.20 Å². The van der Waals surface area contributed by atoms with E-state index in [4.69, 9.17) is 10.6 Å². The van der Waals surface area contributed by atoms with Gasteiger partial charge in [-0.1, -0.05) is 16.9 Å². The Morgan fingerprint density at radius 1 is 1.32 bits per heavy atom. The minimum atomic E-state index is -1.27. The number of nitrogens with two attached hydrogens (primary N) is 1. The number of nitrogens with zero attached hydrogens (tertiary/aromatic N) is 5. The van der Waals surface area contributed by atoms with Gasteiger partial charge in [-0.3, -0.25) is 19.3 Å². The minimum absolute atomic E-state index is 0.0419. The lowest BCUT2D eigenvalue weighted by Gasteiger charge is -2.49. The van der Waals surface area contributed by atoms with Gasteiger partial charge in [-0.25, -0.2) is 14.8 Å². The quantitative estimate of drug-likeness (QED) is 0.0959. The van der Waals surface area contributed by atoms with Crippen molar-refractivity contribution in [3.05, 3.63) is 61.4 Å². The summed E-state index contributed by atoms with van der Waals surface area (Å²) in [5, 5.41) is 38.1. The lowest BCUT2D eigenvalue weighted by molar-refractivity contribution is -0.150. The Morgan fingerprint density at radius 3 is 2.80 bits per heavy atom. The number of carboxylic acid groups (broad SMARTS) is 1. The van der Waals surface area contributed by atoms with E-state index in [1.807, 2.05) is 0 Å². The van der Waals surface area contributed by atoms with Crippen LogP contribution in [0.25, 0.3) is 0 Å². The maximum Gasteiger partial charge on any atom is 0.353 e. The molecule has 3 aromatic heterocycles. The predicted octanol–water partition coefficient (Wildman–Crippen LogP) is 0.696. The molecular formula is C21H17N7O8S4. The first-order valence-corrected chi connectivity index (χ1v) is 14.6. The van der Waals surface area contributed by atoms with E-state index in [1.54, 1.807) is 11.6 Å². The van der Waals surface area contributed by atoms with Gasteiger partial charge in [-0.05, 0) is 0 Å². The van der Waals surface area contributed by atoms with Gasteiger partial charge in [-0.15, -0.1) is 34.4 Å². The highest BCUT2D eigenvalue weighted by atomic mass is 32.2. The summed E-state index contributed by atoms with van der Waals surface area (Å²) >= 11 is 4.84. The number of fused-ring (bicyclic) bond motifs is 1. The second kappa shape index (κ2) is 11.2. The van der Waals surface area contributed by atoms with Gasteiger partial charge < -0.3 is 31.3 Å². The molecule has 2 aliphatic heterocycles. The number of carbonyl (C=O) groups is 3. The van der Waals surface area contributed by atoms with Crippen molar-refractivity contribution in [2.24, 2.45) is 5.16 Å². The van der Waals surface area contributed by atoms with Gasteiger partial charge in [0.2, 0.25) is 5.43 Å². The van der Waals surface area contributed by atoms with Crippen molar-refractivity contribution in [3.63, 3.8) is 0 Å². The lowest BCUT2D eigenvalue weighted by Crippen LogP contribution is -2.71. The number of β-lactam (4-membered cyclic amide) rings is 1. The van der Waals surface area contributed by atoms with Gasteiger partial charge in [-0.2, -0.15) is 4.73 Å². The summed E-state index contributed by atoms with van der Waals surface area (Å²) in [7, 11) is 0. The van der Waals surface area contributed by atoms with Crippen LogP contribution in [-0.2, 0) is 25.8 Å². The second-order valence-electron chi connectivity index (χ2n) is 7.98. The molecule has 40 heavy (non-hydrogen) atoms. The third kappa shape index (κ3) is 5.35. The van der Waals surface area contributed by atoms with Crippen molar-refractivity contribution >= 4 is 74.8 Å². The minimum Gasteiger partial charge on any atom is -0.503 e. The number of pyridine rings is 1. The van der Waals surface area contributed by atoms with E-state index in [1.165, 1.54) is 40.2 Å². The largest absolute Gasteiger partial charge is 0.503 e. The van der Waals surface area contributed by atoms with E-state index in [0.29, 0.717) is 14.0 Å². The van der Waals surface area contributed by atoms with Crippen LogP contribution in [0.15, 0.2) is 54.1 Å². The summed E-state index contributed by atoms with van der Waals surface area (Å²) in [6, 6.07) is -0.138. The van der Waals surface area contributed by atoms with Crippen molar-refractivity contribution in [3.8, 4) is 5.75 Å². The average molecular weight is 624 g/mol. The Kier molecular flexibility index (Phi) is 7.70. The van der Waals surface area contributed by atoms with Crippen LogP contribution < -0.4 is 16.5 Å². The monoisotopic (exact) mass is 623 g/mol. The molecule has 0 aromatic carbocycles. The highest BCUT2D eigenvalue weighted by molar-refractivity contribution is 8.07. The first-order valence-electron chi connectivity index (χ1n) is 11.0. The van der Waals surface area contributed by atoms with Crippen molar-refractivity contribution in [2.45, 2.75) is 22.4 Å². The molecule has 0 unspecified atom stereocenters. The first kappa shape index (κ1) is 27.5. The zero-order chi connectivity index (χ0) is 28.6. The fourth-order valence-corrected chi connectivity index (χ4v) is 7.48. The Labute approximate surface area is 239 Å². The van der Waals surface area contributed by atoms with Crippen molar-refractivity contribution in [2.75, 3.05) is 11.5 Å². The molecule has 1 fully saturated rings. The number of oxime groups is 1. The zero-order valence-corrected chi connectivity index (χ0v) is 23.1. The summed E-state index contributed by atoms with van der Waals surface area (Å²) in [5.74, 6) is -3.13. The van der Waals surface area contributed by atoms with E-state index < -0.39 is 47.0 Å². The molecule has 0 radical (unpaired) electrons. The van der Waals surface area contributed by atoms with Crippen molar-refractivity contribution in [1.29, 1.82) is 0 Å². The maximum atomic E-state index is 13.2. The van der Waals surface area contributed by atoms with Crippen LogP contribution in [0.1, 0.15) is 11.4 Å². The third-order valence-corrected chi connectivity index (χ3v) is 9.58. The third-order valence-electron chi connectivity index (χ3n) is 5.48. The molecule has 2 amide bonds. The van der Waals surface area contributed by atoms with E-state index in [9.17, 15) is 34.6 Å². The topological polar surface area (TPSA) is 223 Å². The highest BCUT2D eigenvalue weighted by Crippen LogP contribution is 2.45. The molecule has 0 bridgehead atoms. The SMILES string of the molecule is Nc1nc(/C(=N/OCc2cc(=O)c(O)cn2O)C(=O)N[C@@H]2C(=O)N3C(C(=O)O)=C(Sc4nccs4)CS[C@H]23)cs1. The van der Waals surface area contributed by atoms with E-state index in [2.05, 4.69) is 20.4 Å². The molecule has 15 nitrogen and oxygen atoms in total. The number of thioether (sulfide) groups is 2. The molecule has 0 aliphatic carbocycles. The lowest BCUT2D eigenvalue weighted by atomic mass is 10.0. The molecule has 5 rings (SSSR count). The number of hydrogen-bond acceptors (Lipinski definition) is 15. The smallest absolute Gasteiger partial charge is 0.353 e. The molecule has 2 aliphatic rings. The molecule has 6 N–H and O–H groups in total. The Balaban J connectivity index is 1.33. The average Bonchev–Trinajstić information content (AvgIpc) is 3.59. The zero-order valence-electron chi connectivity index (χ0n) is 19.8. The summed E-state index contributed by atoms with van der Waals surface area (Å²) in [5.41, 5.74) is 4.39. The number of nitrogens with one attached hydrogen (secondary N) is 1. The fraction of sp³-hybridized carbons (Fsp3) is 0.190. The van der Waals surface area contributed by atoms with E-state index >= 15 is 0 Å². The number of aliphatic carboxylic acids is 1. The molecule has 208 valence electrons. The molecule has 0 saturated carbocycles. The number of amides is 2. The fourth-order valence-electron chi connectivity index (χ4n) is 3.67. The number of anilines is 1. The number of aromatic hydroxyl groups is 1. The summed E-state index contributed by atoms with van der Waals surface area (Å²) in [6.45, 7) is -0.469. The van der Waals surface area contributed by atoms with Crippen LogP contribution in [0.5, 0.6) is 5.75 Å². The number of nitrogen functional groups attached to an aromatic ring is 1. The van der Waals surface area contributed by atoms with Crippen LogP contribution in [0.4, 0.5) is 5.13 Å². The van der Waals surface area contributed by atoms with Crippen LogP contribution in [-0.4, -0.2) is 75.7 Å². The second-order valence-corrected chi connectivity index (χ2v) is 12.2. The predicted molar refractivity (Wildman–Crippen MR) is 145 cm³/mol. The normalized spacial score (nSPS) is 18.8. The Hall–Kier alpha value is -4.07. The van der Waals surface area contributed by atoms with Crippen LogP contribution in [0, 0.1) is 0 Å². The Morgan fingerprint density at radius 2 is 2.12 bits per heavy atom. The number of hydrogen-bond donors (Lipinski definition) is 5. The van der Waals surface area contributed by atoms with Crippen LogP contribution in [0.3, 0.4) is 0 Å². The molecule has 19 heteroatoms. The van der Waals surface area contributed by atoms with Gasteiger partial charge in [0, 0.05) is 33.7 Å².